The van der Waals surface area contributed by atoms with E-state index in [0.29, 0.717) is 6.04 Å². The minimum Gasteiger partial charge on any atom is -0.378 e. The first-order valence-corrected chi connectivity index (χ1v) is 4.17. The molecule has 1 unspecified atom stereocenters. The van der Waals surface area contributed by atoms with Crippen LogP contribution >= 0.6 is 0 Å². The van der Waals surface area contributed by atoms with Gasteiger partial charge in [-0.3, -0.25) is 0 Å². The van der Waals surface area contributed by atoms with Gasteiger partial charge in [0.25, 0.3) is 0 Å². The van der Waals surface area contributed by atoms with E-state index in [0.717, 1.165) is 13.2 Å². The average Bonchev–Trinajstić information content (AvgIpc) is 1.99. The topological polar surface area (TPSA) is 39.7 Å². The average molecular weight is 175 g/mol. The van der Waals surface area contributed by atoms with Gasteiger partial charge in [0.1, 0.15) is 0 Å². The molecule has 1 atom stereocenters. The van der Waals surface area contributed by atoms with Crippen LogP contribution < -0.4 is 5.32 Å². The van der Waals surface area contributed by atoms with Gasteiger partial charge >= 0.3 is 0 Å². The normalized spacial score (nSPS) is 21.0. The second kappa shape index (κ2) is 4.77. The maximum absolute atomic E-state index is 5.11. The van der Waals surface area contributed by atoms with E-state index < -0.39 is 0 Å². The Morgan fingerprint density at radius 3 is 2.25 bits per heavy atom. The monoisotopic (exact) mass is 175 g/mol. The molecule has 1 N–H and O–H groups in total. The number of nitrogens with one attached hydrogen (secondary N) is 1. The van der Waals surface area contributed by atoms with Gasteiger partial charge in [0.05, 0.1) is 25.3 Å². The summed E-state index contributed by atoms with van der Waals surface area (Å²) in [4.78, 5) is 0. The van der Waals surface area contributed by atoms with Crippen LogP contribution in [0.5, 0.6) is 0 Å². The third-order valence-electron chi connectivity index (χ3n) is 2.01. The molecule has 4 nitrogen and oxygen atoms in total. The molecular weight excluding hydrogens is 158 g/mol. The van der Waals surface area contributed by atoms with Gasteiger partial charge in [-0.05, 0) is 6.92 Å². The zero-order valence-electron chi connectivity index (χ0n) is 7.87. The summed E-state index contributed by atoms with van der Waals surface area (Å²) in [7, 11) is 3.28. The summed E-state index contributed by atoms with van der Waals surface area (Å²) in [5.41, 5.74) is 0. The van der Waals surface area contributed by atoms with Crippen LogP contribution in [-0.2, 0) is 14.2 Å². The highest BCUT2D eigenvalue weighted by Gasteiger charge is 2.24. The quantitative estimate of drug-likeness (QED) is 0.596. The fourth-order valence-electron chi connectivity index (χ4n) is 1.29. The summed E-state index contributed by atoms with van der Waals surface area (Å²) in [6, 6.07) is 0.668. The van der Waals surface area contributed by atoms with E-state index in [1.54, 1.807) is 14.2 Å². The highest BCUT2D eigenvalue weighted by molar-refractivity contribution is 4.77. The lowest BCUT2D eigenvalue weighted by molar-refractivity contribution is -0.128. The Bertz CT molecular complexity index is 123. The summed E-state index contributed by atoms with van der Waals surface area (Å²) in [5, 5.41) is 3.34. The van der Waals surface area contributed by atoms with Gasteiger partial charge in [0, 0.05) is 14.2 Å². The van der Waals surface area contributed by atoms with Crippen molar-refractivity contribution in [2.75, 3.05) is 27.4 Å². The van der Waals surface area contributed by atoms with Crippen molar-refractivity contribution in [3.8, 4) is 0 Å². The lowest BCUT2D eigenvalue weighted by atomic mass is 10.2. The molecule has 0 radical (unpaired) electrons. The van der Waals surface area contributed by atoms with Crippen LogP contribution in [0.15, 0.2) is 0 Å². The van der Waals surface area contributed by atoms with Gasteiger partial charge in [-0.25, -0.2) is 0 Å². The van der Waals surface area contributed by atoms with E-state index in [9.17, 15) is 0 Å². The van der Waals surface area contributed by atoms with Crippen molar-refractivity contribution in [3.63, 3.8) is 0 Å². The van der Waals surface area contributed by atoms with Crippen LogP contribution in [0.3, 0.4) is 0 Å². The molecule has 0 bridgehead atoms. The fourth-order valence-corrected chi connectivity index (χ4v) is 1.29. The maximum Gasteiger partial charge on any atom is 0.171 e. The third-order valence-corrected chi connectivity index (χ3v) is 2.01. The highest BCUT2D eigenvalue weighted by Crippen LogP contribution is 2.05. The molecule has 1 heterocycles. The first kappa shape index (κ1) is 9.92. The molecule has 1 rings (SSSR count). The molecule has 0 aromatic carbocycles. The van der Waals surface area contributed by atoms with Crippen LogP contribution in [-0.4, -0.2) is 45.8 Å². The van der Waals surface area contributed by atoms with E-state index in [-0.39, 0.29) is 12.3 Å². The first-order valence-electron chi connectivity index (χ1n) is 4.17. The molecule has 0 spiro atoms. The van der Waals surface area contributed by atoms with E-state index in [2.05, 4.69) is 5.32 Å². The summed E-state index contributed by atoms with van der Waals surface area (Å²) in [5.74, 6) is 0. The van der Waals surface area contributed by atoms with Crippen molar-refractivity contribution in [1.82, 2.24) is 5.32 Å². The predicted molar refractivity (Wildman–Crippen MR) is 45.0 cm³/mol. The smallest absolute Gasteiger partial charge is 0.171 e. The highest BCUT2D eigenvalue weighted by atomic mass is 16.7. The van der Waals surface area contributed by atoms with Gasteiger partial charge < -0.3 is 19.5 Å². The molecule has 0 saturated carbocycles. The van der Waals surface area contributed by atoms with Crippen molar-refractivity contribution in [2.24, 2.45) is 0 Å². The van der Waals surface area contributed by atoms with Crippen LogP contribution in [0.2, 0.25) is 0 Å². The largest absolute Gasteiger partial charge is 0.378 e. The summed E-state index contributed by atoms with van der Waals surface area (Å²) < 4.78 is 15.2. The second-order valence-electron chi connectivity index (χ2n) is 3.03. The Hall–Kier alpha value is -0.160. The maximum atomic E-state index is 5.11. The fraction of sp³-hybridized carbons (Fsp3) is 1.00. The molecule has 0 aliphatic carbocycles. The number of rotatable bonds is 5. The van der Waals surface area contributed by atoms with Gasteiger partial charge in [-0.2, -0.15) is 0 Å². The molecular formula is C8H17NO3. The van der Waals surface area contributed by atoms with Crippen molar-refractivity contribution < 1.29 is 14.2 Å². The Morgan fingerprint density at radius 2 is 1.92 bits per heavy atom. The predicted octanol–water partition coefficient (Wildman–Crippen LogP) is -0.0178. The Labute approximate surface area is 73.2 Å². The lowest BCUT2D eigenvalue weighted by Crippen LogP contribution is -2.53. The minimum atomic E-state index is -0.175. The van der Waals surface area contributed by atoms with Crippen LogP contribution in [0, 0.1) is 0 Å². The minimum absolute atomic E-state index is 0.175. The van der Waals surface area contributed by atoms with E-state index in [1.807, 2.05) is 6.92 Å². The van der Waals surface area contributed by atoms with Crippen molar-refractivity contribution >= 4 is 0 Å². The number of ether oxygens (including phenoxy) is 3. The van der Waals surface area contributed by atoms with Crippen molar-refractivity contribution in [1.29, 1.82) is 0 Å². The standard InChI is InChI=1S/C8H17NO3/c1-6(8(10-2)11-3)9-7-4-12-5-7/h6-9H,4-5H2,1-3H3. The molecule has 1 fully saturated rings. The third kappa shape index (κ3) is 2.42. The van der Waals surface area contributed by atoms with Crippen LogP contribution in [0.4, 0.5) is 0 Å². The van der Waals surface area contributed by atoms with Crippen LogP contribution in [0.25, 0.3) is 0 Å². The number of hydrogen-bond donors (Lipinski definition) is 1. The summed E-state index contributed by atoms with van der Waals surface area (Å²) in [6.07, 6.45) is -0.175. The molecule has 0 aromatic heterocycles. The Morgan fingerprint density at radius 1 is 1.33 bits per heavy atom. The lowest BCUT2D eigenvalue weighted by Gasteiger charge is -2.32. The van der Waals surface area contributed by atoms with E-state index in [4.69, 9.17) is 14.2 Å². The van der Waals surface area contributed by atoms with Gasteiger partial charge in [-0.1, -0.05) is 0 Å². The van der Waals surface area contributed by atoms with Crippen molar-refractivity contribution in [3.05, 3.63) is 0 Å². The Kier molecular flexibility index (Phi) is 3.94. The number of hydrogen-bond acceptors (Lipinski definition) is 4. The zero-order chi connectivity index (χ0) is 8.97. The molecule has 0 amide bonds. The van der Waals surface area contributed by atoms with Crippen LogP contribution in [0.1, 0.15) is 6.92 Å². The molecule has 12 heavy (non-hydrogen) atoms. The zero-order valence-corrected chi connectivity index (χ0v) is 7.87. The SMILES string of the molecule is COC(OC)C(C)NC1COC1. The van der Waals surface area contributed by atoms with Gasteiger partial charge in [0.15, 0.2) is 6.29 Å². The molecule has 72 valence electrons. The second-order valence-corrected chi connectivity index (χ2v) is 3.03. The van der Waals surface area contributed by atoms with E-state index >= 15 is 0 Å². The number of methoxy groups -OCH3 is 2. The molecule has 1 saturated heterocycles. The molecule has 1 aliphatic rings. The summed E-state index contributed by atoms with van der Waals surface area (Å²) in [6.45, 7) is 3.63. The first-order chi connectivity index (χ1) is 5.77. The Balaban J connectivity index is 2.19. The summed E-state index contributed by atoms with van der Waals surface area (Å²) >= 11 is 0. The molecule has 1 aliphatic heterocycles. The molecule has 4 heteroatoms. The van der Waals surface area contributed by atoms with Crippen molar-refractivity contribution in [2.45, 2.75) is 25.3 Å². The molecule has 0 aromatic rings. The van der Waals surface area contributed by atoms with Gasteiger partial charge in [0.2, 0.25) is 0 Å². The van der Waals surface area contributed by atoms with E-state index in [1.165, 1.54) is 0 Å². The van der Waals surface area contributed by atoms with Gasteiger partial charge in [-0.15, -0.1) is 0 Å².